The summed E-state index contributed by atoms with van der Waals surface area (Å²) in [6.07, 6.45) is 17.4. The van der Waals surface area contributed by atoms with E-state index in [2.05, 4.69) is 11.6 Å². The molecule has 174 valence electrons. The van der Waals surface area contributed by atoms with E-state index in [0.717, 1.165) is 18.9 Å². The normalized spacial score (nSPS) is 11.8. The highest BCUT2D eigenvalue weighted by atomic mass is 32.2. The van der Waals surface area contributed by atoms with Gasteiger partial charge in [0.15, 0.2) is 0 Å². The van der Waals surface area contributed by atoms with Crippen molar-refractivity contribution in [1.82, 2.24) is 4.72 Å². The van der Waals surface area contributed by atoms with Gasteiger partial charge in [0.05, 0.1) is 5.75 Å². The molecule has 0 fully saturated rings. The molecule has 0 heterocycles. The highest BCUT2D eigenvalue weighted by Gasteiger charge is 2.10. The monoisotopic (exact) mass is 445 g/mol. The Labute approximate surface area is 183 Å². The van der Waals surface area contributed by atoms with Gasteiger partial charge in [-0.2, -0.15) is 0 Å². The van der Waals surface area contributed by atoms with Gasteiger partial charge in [0.2, 0.25) is 10.0 Å². The third-order valence-electron chi connectivity index (χ3n) is 5.50. The topological polar surface area (TPSA) is 46.2 Å². The number of nitrogens with one attached hydrogen (secondary N) is 1. The lowest BCUT2D eigenvalue weighted by molar-refractivity contribution is 0.536. The Morgan fingerprint density at radius 3 is 1.77 bits per heavy atom. The van der Waals surface area contributed by atoms with E-state index in [-0.39, 0.29) is 18.7 Å². The van der Waals surface area contributed by atoms with Crippen LogP contribution in [0.5, 0.6) is 0 Å². The van der Waals surface area contributed by atoms with Crippen molar-refractivity contribution in [2.24, 2.45) is 0 Å². The average Bonchev–Trinajstić information content (AvgIpc) is 2.70. The molecule has 1 aromatic rings. The van der Waals surface area contributed by atoms with Crippen LogP contribution in [0.3, 0.4) is 0 Å². The van der Waals surface area contributed by atoms with Crippen molar-refractivity contribution < 1.29 is 17.2 Å². The van der Waals surface area contributed by atoms with Gasteiger partial charge in [-0.1, -0.05) is 96.5 Å². The summed E-state index contributed by atoms with van der Waals surface area (Å²) in [5, 5.41) is 0. The molecule has 0 spiro atoms. The molecule has 0 saturated heterocycles. The second kappa shape index (κ2) is 16.7. The first kappa shape index (κ1) is 27.0. The summed E-state index contributed by atoms with van der Waals surface area (Å²) in [6, 6.07) is 3.35. The van der Waals surface area contributed by atoms with Crippen LogP contribution in [0.2, 0.25) is 0 Å². The Balaban J connectivity index is 1.95. The molecule has 0 radical (unpaired) electrons. The first-order valence-corrected chi connectivity index (χ1v) is 13.5. The van der Waals surface area contributed by atoms with Gasteiger partial charge in [0, 0.05) is 12.6 Å². The molecule has 1 N–H and O–H groups in total. The molecule has 30 heavy (non-hydrogen) atoms. The largest absolute Gasteiger partial charge is 0.215 e. The number of halogens is 2. The molecule has 0 unspecified atom stereocenters. The van der Waals surface area contributed by atoms with Crippen molar-refractivity contribution in [2.45, 2.75) is 103 Å². The number of benzene rings is 1. The Morgan fingerprint density at radius 1 is 0.767 bits per heavy atom. The predicted molar refractivity (Wildman–Crippen MR) is 122 cm³/mol. The van der Waals surface area contributed by atoms with E-state index < -0.39 is 21.7 Å². The molecule has 1 aromatic carbocycles. The zero-order valence-electron chi connectivity index (χ0n) is 18.7. The van der Waals surface area contributed by atoms with Crippen LogP contribution in [0, 0.1) is 11.6 Å². The van der Waals surface area contributed by atoms with E-state index in [0.29, 0.717) is 12.0 Å². The maximum atomic E-state index is 13.5. The maximum Gasteiger partial charge on any atom is 0.211 e. The SMILES string of the molecule is CCCCCCCCCCCCCCCCS(=O)(=O)NCCc1ccc(F)cc1F. The number of hydrogen-bond acceptors (Lipinski definition) is 2. The number of unbranched alkanes of at least 4 members (excludes halogenated alkanes) is 13. The molecule has 0 aromatic heterocycles. The van der Waals surface area contributed by atoms with E-state index in [1.165, 1.54) is 82.8 Å². The average molecular weight is 446 g/mol. The van der Waals surface area contributed by atoms with Crippen molar-refractivity contribution >= 4 is 10.0 Å². The minimum Gasteiger partial charge on any atom is -0.215 e. The maximum absolute atomic E-state index is 13.5. The molecule has 0 bridgehead atoms. The van der Waals surface area contributed by atoms with Crippen molar-refractivity contribution in [3.05, 3.63) is 35.4 Å². The summed E-state index contributed by atoms with van der Waals surface area (Å²) in [5.41, 5.74) is 0.315. The second-order valence-electron chi connectivity index (χ2n) is 8.30. The van der Waals surface area contributed by atoms with Gasteiger partial charge < -0.3 is 0 Å². The standard InChI is InChI=1S/C24H41F2NO2S/c1-2-3-4-5-6-7-8-9-10-11-12-13-14-15-20-30(28,29)27-19-18-22-16-17-23(25)21-24(22)26/h16-17,21,27H,2-15,18-20H2,1H3. The lowest BCUT2D eigenvalue weighted by atomic mass is 10.0. The first-order chi connectivity index (χ1) is 14.4. The van der Waals surface area contributed by atoms with Crippen molar-refractivity contribution in [2.75, 3.05) is 12.3 Å². The molecule has 0 aliphatic carbocycles. The Bertz CT molecular complexity index is 665. The van der Waals surface area contributed by atoms with Crippen LogP contribution in [-0.2, 0) is 16.4 Å². The van der Waals surface area contributed by atoms with E-state index in [1.54, 1.807) is 0 Å². The zero-order valence-corrected chi connectivity index (χ0v) is 19.6. The summed E-state index contributed by atoms with van der Waals surface area (Å²) in [4.78, 5) is 0. The third kappa shape index (κ3) is 14.1. The van der Waals surface area contributed by atoms with Crippen LogP contribution in [0.4, 0.5) is 8.78 Å². The molecule has 0 aliphatic heterocycles. The summed E-state index contributed by atoms with van der Waals surface area (Å²) < 4.78 is 53.0. The van der Waals surface area contributed by atoms with Crippen molar-refractivity contribution in [3.8, 4) is 0 Å². The lowest BCUT2D eigenvalue weighted by Crippen LogP contribution is -2.28. The molecule has 0 amide bonds. The second-order valence-corrected chi connectivity index (χ2v) is 10.2. The van der Waals surface area contributed by atoms with E-state index >= 15 is 0 Å². The summed E-state index contributed by atoms with van der Waals surface area (Å²) in [6.45, 7) is 2.38. The van der Waals surface area contributed by atoms with Crippen LogP contribution >= 0.6 is 0 Å². The molecule has 1 rings (SSSR count). The smallest absolute Gasteiger partial charge is 0.211 e. The van der Waals surface area contributed by atoms with Crippen molar-refractivity contribution in [3.63, 3.8) is 0 Å². The number of rotatable bonds is 19. The molecule has 0 saturated carbocycles. The highest BCUT2D eigenvalue weighted by Crippen LogP contribution is 2.13. The fourth-order valence-electron chi connectivity index (χ4n) is 3.62. The van der Waals surface area contributed by atoms with E-state index in [1.807, 2.05) is 0 Å². The van der Waals surface area contributed by atoms with Gasteiger partial charge in [-0.3, -0.25) is 0 Å². The van der Waals surface area contributed by atoms with Crippen LogP contribution < -0.4 is 4.72 Å². The summed E-state index contributed by atoms with van der Waals surface area (Å²) in [5.74, 6) is -1.16. The molecule has 3 nitrogen and oxygen atoms in total. The Kier molecular flexibility index (Phi) is 15.0. The van der Waals surface area contributed by atoms with Crippen LogP contribution in [0.1, 0.15) is 102 Å². The molecule has 0 atom stereocenters. The van der Waals surface area contributed by atoms with Gasteiger partial charge in [-0.05, 0) is 24.5 Å². The van der Waals surface area contributed by atoms with Gasteiger partial charge >= 0.3 is 0 Å². The highest BCUT2D eigenvalue weighted by molar-refractivity contribution is 7.89. The predicted octanol–water partition coefficient (Wildman–Crippen LogP) is 6.91. The Hall–Kier alpha value is -1.01. The fourth-order valence-corrected chi connectivity index (χ4v) is 4.77. The van der Waals surface area contributed by atoms with Crippen molar-refractivity contribution in [1.29, 1.82) is 0 Å². The minimum atomic E-state index is -3.34. The van der Waals surface area contributed by atoms with Crippen LogP contribution in [-0.4, -0.2) is 20.7 Å². The third-order valence-corrected chi connectivity index (χ3v) is 6.97. The molecular weight excluding hydrogens is 404 g/mol. The summed E-state index contributed by atoms with van der Waals surface area (Å²) in [7, 11) is -3.34. The summed E-state index contributed by atoms with van der Waals surface area (Å²) >= 11 is 0. The van der Waals surface area contributed by atoms with Crippen LogP contribution in [0.25, 0.3) is 0 Å². The van der Waals surface area contributed by atoms with Gasteiger partial charge in [0.25, 0.3) is 0 Å². The number of hydrogen-bond donors (Lipinski definition) is 1. The molecular formula is C24H41F2NO2S. The molecule has 6 heteroatoms. The van der Waals surface area contributed by atoms with Gasteiger partial charge in [0.1, 0.15) is 11.6 Å². The Morgan fingerprint density at radius 2 is 1.27 bits per heavy atom. The minimum absolute atomic E-state index is 0.108. The fraction of sp³-hybridized carbons (Fsp3) is 0.750. The van der Waals surface area contributed by atoms with Gasteiger partial charge in [-0.15, -0.1) is 0 Å². The van der Waals surface area contributed by atoms with E-state index in [4.69, 9.17) is 0 Å². The molecule has 0 aliphatic rings. The first-order valence-electron chi connectivity index (χ1n) is 11.9. The van der Waals surface area contributed by atoms with Crippen LogP contribution in [0.15, 0.2) is 18.2 Å². The lowest BCUT2D eigenvalue weighted by Gasteiger charge is -2.08. The van der Waals surface area contributed by atoms with E-state index in [9.17, 15) is 17.2 Å². The zero-order chi connectivity index (χ0) is 22.1. The van der Waals surface area contributed by atoms with Gasteiger partial charge in [-0.25, -0.2) is 21.9 Å². The quantitative estimate of drug-likeness (QED) is 0.235. The number of sulfonamides is 1.